The summed E-state index contributed by atoms with van der Waals surface area (Å²) in [6, 6.07) is 3.05. The van der Waals surface area contributed by atoms with E-state index in [0.29, 0.717) is 10.1 Å². The summed E-state index contributed by atoms with van der Waals surface area (Å²) in [6.07, 6.45) is -7.67. The van der Waals surface area contributed by atoms with Gasteiger partial charge in [0.2, 0.25) is 0 Å². The highest BCUT2D eigenvalue weighted by Crippen LogP contribution is 2.31. The predicted molar refractivity (Wildman–Crippen MR) is 106 cm³/mol. The first kappa shape index (κ1) is 23.4. The normalized spacial score (nSPS) is 13.4. The van der Waals surface area contributed by atoms with Gasteiger partial charge >= 0.3 is 12.4 Å². The zero-order valence-electron chi connectivity index (χ0n) is 17.1. The quantitative estimate of drug-likeness (QED) is 0.447. The van der Waals surface area contributed by atoms with E-state index in [2.05, 4.69) is 20.1 Å². The number of halogens is 6. The number of aromatic nitrogens is 6. The molecule has 4 rings (SSSR count). The minimum absolute atomic E-state index is 0.0411. The molecule has 1 atom stereocenters. The van der Waals surface area contributed by atoms with Crippen molar-refractivity contribution in [1.82, 2.24) is 29.3 Å². The van der Waals surface area contributed by atoms with Gasteiger partial charge in [0.1, 0.15) is 16.9 Å². The maximum absolute atomic E-state index is 13.0. The zero-order chi connectivity index (χ0) is 24.8. The number of hydrogen-bond acceptors (Lipinski definition) is 6. The molecule has 0 aliphatic rings. The maximum atomic E-state index is 13.0. The topological polar surface area (TPSA) is 98.7 Å². The third kappa shape index (κ3) is 4.48. The van der Waals surface area contributed by atoms with Gasteiger partial charge in [-0.25, -0.2) is 9.97 Å². The van der Waals surface area contributed by atoms with Crippen LogP contribution in [-0.2, 0) is 19.8 Å². The average Bonchev–Trinajstić information content (AvgIpc) is 3.20. The highest BCUT2D eigenvalue weighted by molar-refractivity contribution is 5.93. The molecular weight excluding hydrogens is 470 g/mol. The Kier molecular flexibility index (Phi) is 5.63. The Hall–Kier alpha value is -3.81. The largest absolute Gasteiger partial charge is 0.433 e. The SMILES string of the molecule is Cn1cc(-c2nc(-c3ccc(C(F)(F)F)nc3)cc3c(=O)n(CC(O)C(F)(F)F)cnc23)cn1. The number of alkyl halides is 6. The molecule has 14 heteroatoms. The minimum atomic E-state index is -4.95. The fourth-order valence-corrected chi connectivity index (χ4v) is 3.19. The summed E-state index contributed by atoms with van der Waals surface area (Å²) in [6.45, 7) is -1.09. The van der Waals surface area contributed by atoms with Crippen LogP contribution in [0.2, 0.25) is 0 Å². The molecule has 0 fully saturated rings. The second-order valence-corrected chi connectivity index (χ2v) is 7.34. The molecule has 1 unspecified atom stereocenters. The molecule has 8 nitrogen and oxygen atoms in total. The van der Waals surface area contributed by atoms with Crippen molar-refractivity contribution in [1.29, 1.82) is 0 Å². The van der Waals surface area contributed by atoms with Crippen LogP contribution in [0.25, 0.3) is 33.4 Å². The van der Waals surface area contributed by atoms with E-state index >= 15 is 0 Å². The third-order valence-corrected chi connectivity index (χ3v) is 4.89. The number of nitrogens with zero attached hydrogens (tertiary/aromatic N) is 6. The fraction of sp³-hybridized carbons (Fsp3) is 0.250. The molecule has 0 spiro atoms. The van der Waals surface area contributed by atoms with E-state index in [4.69, 9.17) is 0 Å². The Balaban J connectivity index is 1.91. The summed E-state index contributed by atoms with van der Waals surface area (Å²) in [7, 11) is 1.62. The van der Waals surface area contributed by atoms with E-state index in [1.54, 1.807) is 13.2 Å². The smallest absolute Gasteiger partial charge is 0.382 e. The molecule has 0 aliphatic heterocycles. The number of aliphatic hydroxyl groups excluding tert-OH is 1. The van der Waals surface area contributed by atoms with Crippen molar-refractivity contribution in [3.8, 4) is 22.5 Å². The van der Waals surface area contributed by atoms with E-state index in [9.17, 15) is 36.2 Å². The molecule has 4 aromatic rings. The van der Waals surface area contributed by atoms with E-state index in [0.717, 1.165) is 24.7 Å². The Bertz CT molecular complexity index is 1410. The number of fused-ring (bicyclic) bond motifs is 1. The summed E-state index contributed by atoms with van der Waals surface area (Å²) in [5.41, 5.74) is -1.27. The molecule has 0 radical (unpaired) electrons. The van der Waals surface area contributed by atoms with Crippen LogP contribution in [0.1, 0.15) is 5.69 Å². The van der Waals surface area contributed by atoms with Crippen LogP contribution in [0.15, 0.2) is 47.9 Å². The minimum Gasteiger partial charge on any atom is -0.382 e. The molecular formula is C20H14F6N6O2. The fourth-order valence-electron chi connectivity index (χ4n) is 3.19. The van der Waals surface area contributed by atoms with Gasteiger partial charge in [0.25, 0.3) is 5.56 Å². The van der Waals surface area contributed by atoms with Crippen molar-refractivity contribution < 1.29 is 31.4 Å². The van der Waals surface area contributed by atoms with Crippen LogP contribution in [0, 0.1) is 0 Å². The van der Waals surface area contributed by atoms with Crippen LogP contribution in [0.5, 0.6) is 0 Å². The second-order valence-electron chi connectivity index (χ2n) is 7.34. The van der Waals surface area contributed by atoms with Crippen molar-refractivity contribution in [3.63, 3.8) is 0 Å². The Morgan fingerprint density at radius 3 is 2.35 bits per heavy atom. The van der Waals surface area contributed by atoms with Gasteiger partial charge in [-0.2, -0.15) is 31.4 Å². The van der Waals surface area contributed by atoms with Gasteiger partial charge in [0.15, 0.2) is 6.10 Å². The van der Waals surface area contributed by atoms with E-state index < -0.39 is 36.3 Å². The zero-order valence-corrected chi connectivity index (χ0v) is 17.1. The number of pyridine rings is 2. The first-order valence-corrected chi connectivity index (χ1v) is 9.52. The van der Waals surface area contributed by atoms with E-state index in [-0.39, 0.29) is 27.9 Å². The summed E-state index contributed by atoms with van der Waals surface area (Å²) >= 11 is 0. The summed E-state index contributed by atoms with van der Waals surface area (Å²) < 4.78 is 79.0. The van der Waals surface area contributed by atoms with Crippen LogP contribution >= 0.6 is 0 Å². The Morgan fingerprint density at radius 1 is 1.06 bits per heavy atom. The number of aryl methyl sites for hydroxylation is 1. The standard InChI is InChI=1S/C20H14F6N6O2/c1-31-7-11(6-29-31)16-17-12(18(34)32(9-28-17)8-15(33)20(24,25)26)4-13(30-16)10-2-3-14(27-5-10)19(21,22)23/h2-7,9,15,33H,8H2,1H3. The molecule has 178 valence electrons. The second kappa shape index (κ2) is 8.20. The molecule has 4 aromatic heterocycles. The first-order valence-electron chi connectivity index (χ1n) is 9.52. The Morgan fingerprint density at radius 2 is 1.79 bits per heavy atom. The van der Waals surface area contributed by atoms with Gasteiger partial charge < -0.3 is 5.11 Å². The molecule has 0 aliphatic carbocycles. The van der Waals surface area contributed by atoms with Gasteiger partial charge in [-0.1, -0.05) is 0 Å². The number of aliphatic hydroxyl groups is 1. The molecule has 0 saturated heterocycles. The summed E-state index contributed by atoms with van der Waals surface area (Å²) in [5, 5.41) is 13.2. The first-order chi connectivity index (χ1) is 15.8. The van der Waals surface area contributed by atoms with Gasteiger partial charge in [-0.05, 0) is 18.2 Å². The van der Waals surface area contributed by atoms with Crippen molar-refractivity contribution in [2.75, 3.05) is 0 Å². The lowest BCUT2D eigenvalue weighted by atomic mass is 10.1. The molecule has 0 amide bonds. The number of hydrogen-bond donors (Lipinski definition) is 1. The lowest BCUT2D eigenvalue weighted by molar-refractivity contribution is -0.207. The van der Waals surface area contributed by atoms with Gasteiger partial charge in [0, 0.05) is 30.6 Å². The molecule has 34 heavy (non-hydrogen) atoms. The van der Waals surface area contributed by atoms with Crippen LogP contribution in [0.3, 0.4) is 0 Å². The maximum Gasteiger partial charge on any atom is 0.433 e. The lowest BCUT2D eigenvalue weighted by Crippen LogP contribution is -2.36. The highest BCUT2D eigenvalue weighted by Gasteiger charge is 2.38. The van der Waals surface area contributed by atoms with Gasteiger partial charge in [-0.3, -0.25) is 19.0 Å². The van der Waals surface area contributed by atoms with E-state index in [1.165, 1.54) is 16.9 Å². The third-order valence-electron chi connectivity index (χ3n) is 4.89. The van der Waals surface area contributed by atoms with Crippen LogP contribution < -0.4 is 5.56 Å². The summed E-state index contributed by atoms with van der Waals surface area (Å²) in [4.78, 5) is 24.8. The van der Waals surface area contributed by atoms with Crippen LogP contribution in [-0.4, -0.2) is 46.7 Å². The van der Waals surface area contributed by atoms with Crippen molar-refractivity contribution in [2.45, 2.75) is 25.0 Å². The predicted octanol–water partition coefficient (Wildman–Crippen LogP) is 3.20. The molecule has 1 N–H and O–H groups in total. The lowest BCUT2D eigenvalue weighted by Gasteiger charge is -2.16. The van der Waals surface area contributed by atoms with Crippen molar-refractivity contribution in [3.05, 3.63) is 59.2 Å². The van der Waals surface area contributed by atoms with Crippen molar-refractivity contribution >= 4 is 10.9 Å². The van der Waals surface area contributed by atoms with Crippen LogP contribution in [0.4, 0.5) is 26.3 Å². The van der Waals surface area contributed by atoms with Gasteiger partial charge in [-0.15, -0.1) is 0 Å². The average molecular weight is 484 g/mol. The summed E-state index contributed by atoms with van der Waals surface area (Å²) in [5.74, 6) is 0. The van der Waals surface area contributed by atoms with Gasteiger partial charge in [0.05, 0.1) is 30.1 Å². The Labute approximate surface area is 186 Å². The van der Waals surface area contributed by atoms with Crippen molar-refractivity contribution in [2.24, 2.45) is 7.05 Å². The molecule has 4 heterocycles. The van der Waals surface area contributed by atoms with E-state index in [1.807, 2.05) is 0 Å². The monoisotopic (exact) mass is 484 g/mol. The number of rotatable bonds is 4. The highest BCUT2D eigenvalue weighted by atomic mass is 19.4. The molecule has 0 bridgehead atoms. The molecule has 0 saturated carbocycles. The molecule has 0 aromatic carbocycles.